The van der Waals surface area contributed by atoms with Crippen LogP contribution in [-0.2, 0) is 6.54 Å². The Morgan fingerprint density at radius 3 is 2.40 bits per heavy atom. The molecule has 1 aliphatic heterocycles. The molecule has 4 rings (SSSR count). The fourth-order valence-electron chi connectivity index (χ4n) is 3.02. The lowest BCUT2D eigenvalue weighted by molar-refractivity contribution is 0.0951. The molecule has 1 aliphatic rings. The number of carbonyl (C=O) groups excluding carboxylic acids is 2. The van der Waals surface area contributed by atoms with Crippen molar-refractivity contribution in [2.24, 2.45) is 0 Å². The van der Waals surface area contributed by atoms with Gasteiger partial charge < -0.3 is 20.1 Å². The highest BCUT2D eigenvalue weighted by Crippen LogP contribution is 2.32. The molecular weight excluding hydrogens is 394 g/mol. The van der Waals surface area contributed by atoms with Crippen LogP contribution in [0.2, 0.25) is 0 Å². The van der Waals surface area contributed by atoms with E-state index < -0.39 is 29.0 Å². The van der Waals surface area contributed by atoms with E-state index in [0.717, 1.165) is 17.7 Å². The van der Waals surface area contributed by atoms with Crippen molar-refractivity contribution in [2.75, 3.05) is 12.1 Å². The van der Waals surface area contributed by atoms with E-state index in [1.807, 2.05) is 0 Å². The van der Waals surface area contributed by atoms with Crippen LogP contribution in [0.25, 0.3) is 0 Å². The van der Waals surface area contributed by atoms with Gasteiger partial charge in [-0.05, 0) is 42.0 Å². The van der Waals surface area contributed by atoms with Gasteiger partial charge in [-0.15, -0.1) is 0 Å². The third kappa shape index (κ3) is 3.93. The monoisotopic (exact) mass is 410 g/mol. The van der Waals surface area contributed by atoms with Crippen molar-refractivity contribution in [3.8, 4) is 11.5 Å². The lowest BCUT2D eigenvalue weighted by atomic mass is 10.1. The zero-order valence-corrected chi connectivity index (χ0v) is 15.6. The molecule has 3 aromatic carbocycles. The van der Waals surface area contributed by atoms with E-state index in [1.54, 1.807) is 30.3 Å². The Hall–Kier alpha value is -3.94. The van der Waals surface area contributed by atoms with Crippen molar-refractivity contribution in [3.63, 3.8) is 0 Å². The Labute approximate surface area is 170 Å². The molecule has 1 heterocycles. The quantitative estimate of drug-likeness (QED) is 0.670. The normalized spacial score (nSPS) is 11.8. The zero-order valence-electron chi connectivity index (χ0n) is 15.6. The molecule has 0 saturated carbocycles. The molecule has 3 aromatic rings. The first-order chi connectivity index (χ1) is 14.5. The van der Waals surface area contributed by atoms with E-state index in [1.165, 1.54) is 18.2 Å². The van der Waals surface area contributed by atoms with Crippen LogP contribution in [0.5, 0.6) is 11.5 Å². The lowest BCUT2D eigenvalue weighted by Crippen LogP contribution is -2.25. The Morgan fingerprint density at radius 2 is 1.60 bits per heavy atom. The minimum Gasteiger partial charge on any atom is -0.454 e. The van der Waals surface area contributed by atoms with Crippen LogP contribution in [0.3, 0.4) is 0 Å². The summed E-state index contributed by atoms with van der Waals surface area (Å²) in [5.74, 6) is -2.19. The average Bonchev–Trinajstić information content (AvgIpc) is 3.20. The van der Waals surface area contributed by atoms with Gasteiger partial charge in [0.2, 0.25) is 6.79 Å². The maximum Gasteiger partial charge on any atom is 0.261 e. The number of hydrogen-bond donors (Lipinski definition) is 2. The molecule has 6 nitrogen and oxygen atoms in total. The molecular formula is C22H16F2N2O4. The number of fused-ring (bicyclic) bond motifs is 1. The summed E-state index contributed by atoms with van der Waals surface area (Å²) in [5, 5.41) is 5.15. The van der Waals surface area contributed by atoms with Gasteiger partial charge in [0.1, 0.15) is 17.2 Å². The highest BCUT2D eigenvalue weighted by molar-refractivity contribution is 6.09. The molecule has 0 atom stereocenters. The summed E-state index contributed by atoms with van der Waals surface area (Å²) in [6.07, 6.45) is 0. The SMILES string of the molecule is O=C(NCc1ccc2c(c1)OCO2)c1ccccc1NC(=O)c1c(F)cccc1F. The van der Waals surface area contributed by atoms with Crippen LogP contribution in [0.4, 0.5) is 14.5 Å². The molecule has 0 bridgehead atoms. The molecule has 8 heteroatoms. The van der Waals surface area contributed by atoms with Crippen LogP contribution < -0.4 is 20.1 Å². The molecule has 0 aliphatic carbocycles. The Bertz CT molecular complexity index is 1110. The number of anilines is 1. The van der Waals surface area contributed by atoms with Crippen molar-refractivity contribution in [3.05, 3.63) is 89.0 Å². The molecule has 2 amide bonds. The maximum absolute atomic E-state index is 13.9. The van der Waals surface area contributed by atoms with Gasteiger partial charge in [0.15, 0.2) is 11.5 Å². The Balaban J connectivity index is 1.48. The van der Waals surface area contributed by atoms with Crippen molar-refractivity contribution in [1.82, 2.24) is 5.32 Å². The molecule has 0 radical (unpaired) electrons. The maximum atomic E-state index is 13.9. The van der Waals surface area contributed by atoms with Gasteiger partial charge in [-0.25, -0.2) is 8.78 Å². The standard InChI is InChI=1S/C22H16F2N2O4/c23-15-5-3-6-16(24)20(15)22(28)26-17-7-2-1-4-14(17)21(27)25-11-13-8-9-18-19(10-13)30-12-29-18/h1-10H,11-12H2,(H,25,27)(H,26,28). The van der Waals surface area contributed by atoms with Gasteiger partial charge in [-0.1, -0.05) is 24.3 Å². The zero-order chi connectivity index (χ0) is 21.1. The van der Waals surface area contributed by atoms with Gasteiger partial charge in [0.05, 0.1) is 11.3 Å². The summed E-state index contributed by atoms with van der Waals surface area (Å²) < 4.78 is 38.3. The van der Waals surface area contributed by atoms with E-state index in [2.05, 4.69) is 10.6 Å². The van der Waals surface area contributed by atoms with E-state index >= 15 is 0 Å². The van der Waals surface area contributed by atoms with Crippen molar-refractivity contribution < 1.29 is 27.8 Å². The van der Waals surface area contributed by atoms with Crippen molar-refractivity contribution in [2.45, 2.75) is 6.54 Å². The van der Waals surface area contributed by atoms with Crippen LogP contribution in [0.15, 0.2) is 60.7 Å². The first kappa shape index (κ1) is 19.4. The molecule has 0 saturated heterocycles. The van der Waals surface area contributed by atoms with E-state index in [4.69, 9.17) is 9.47 Å². The third-order valence-electron chi connectivity index (χ3n) is 4.50. The second kappa shape index (κ2) is 8.20. The van der Waals surface area contributed by atoms with Crippen LogP contribution in [0.1, 0.15) is 26.3 Å². The Kier molecular flexibility index (Phi) is 5.30. The number of amides is 2. The molecule has 2 N–H and O–H groups in total. The van der Waals surface area contributed by atoms with Crippen LogP contribution in [-0.4, -0.2) is 18.6 Å². The van der Waals surface area contributed by atoms with Gasteiger partial charge in [-0.3, -0.25) is 9.59 Å². The minimum absolute atomic E-state index is 0.133. The van der Waals surface area contributed by atoms with Gasteiger partial charge >= 0.3 is 0 Å². The fraction of sp³-hybridized carbons (Fsp3) is 0.0909. The second-order valence-electron chi connectivity index (χ2n) is 6.47. The fourth-order valence-corrected chi connectivity index (χ4v) is 3.02. The first-order valence-corrected chi connectivity index (χ1v) is 9.04. The lowest BCUT2D eigenvalue weighted by Gasteiger charge is -2.12. The van der Waals surface area contributed by atoms with E-state index in [0.29, 0.717) is 11.5 Å². The Morgan fingerprint density at radius 1 is 0.867 bits per heavy atom. The minimum atomic E-state index is -0.989. The van der Waals surface area contributed by atoms with Crippen LogP contribution >= 0.6 is 0 Å². The summed E-state index contributed by atoms with van der Waals surface area (Å²) in [4.78, 5) is 25.0. The number of carbonyl (C=O) groups is 2. The summed E-state index contributed by atoms with van der Waals surface area (Å²) in [6.45, 7) is 0.362. The number of para-hydroxylation sites is 1. The predicted octanol–water partition coefficient (Wildman–Crippen LogP) is 3.88. The number of benzene rings is 3. The molecule has 0 unspecified atom stereocenters. The average molecular weight is 410 g/mol. The molecule has 0 spiro atoms. The molecule has 152 valence electrons. The van der Waals surface area contributed by atoms with E-state index in [-0.39, 0.29) is 24.6 Å². The van der Waals surface area contributed by atoms with Gasteiger partial charge in [0, 0.05) is 6.54 Å². The van der Waals surface area contributed by atoms with Crippen molar-refractivity contribution >= 4 is 17.5 Å². The predicted molar refractivity (Wildman–Crippen MR) is 104 cm³/mol. The number of halogens is 2. The summed E-state index contributed by atoms with van der Waals surface area (Å²) in [5.41, 5.74) is 0.368. The largest absolute Gasteiger partial charge is 0.454 e. The number of rotatable bonds is 5. The third-order valence-corrected chi connectivity index (χ3v) is 4.50. The number of hydrogen-bond acceptors (Lipinski definition) is 4. The molecule has 0 aromatic heterocycles. The van der Waals surface area contributed by atoms with Crippen molar-refractivity contribution in [1.29, 1.82) is 0 Å². The summed E-state index contributed by atoms with van der Waals surface area (Å²) in [7, 11) is 0. The first-order valence-electron chi connectivity index (χ1n) is 9.04. The van der Waals surface area contributed by atoms with Gasteiger partial charge in [0.25, 0.3) is 11.8 Å². The van der Waals surface area contributed by atoms with Gasteiger partial charge in [-0.2, -0.15) is 0 Å². The topological polar surface area (TPSA) is 76.7 Å². The summed E-state index contributed by atoms with van der Waals surface area (Å²) in [6, 6.07) is 14.6. The highest BCUT2D eigenvalue weighted by Gasteiger charge is 2.20. The second-order valence-corrected chi connectivity index (χ2v) is 6.47. The van der Waals surface area contributed by atoms with E-state index in [9.17, 15) is 18.4 Å². The highest BCUT2D eigenvalue weighted by atomic mass is 19.1. The summed E-state index contributed by atoms with van der Waals surface area (Å²) >= 11 is 0. The van der Waals surface area contributed by atoms with Crippen LogP contribution in [0, 0.1) is 11.6 Å². The number of nitrogens with one attached hydrogen (secondary N) is 2. The molecule has 0 fully saturated rings. The smallest absolute Gasteiger partial charge is 0.261 e. The molecule has 30 heavy (non-hydrogen) atoms. The number of ether oxygens (including phenoxy) is 2.